The van der Waals surface area contributed by atoms with E-state index in [0.29, 0.717) is 17.9 Å². The monoisotopic (exact) mass is 339 g/mol. The molecule has 1 amide bonds. The number of rotatable bonds is 2. The number of H-pyrrole nitrogens is 1. The number of fused-ring (bicyclic) bond motifs is 1. The van der Waals surface area contributed by atoms with Gasteiger partial charge in [0.2, 0.25) is 0 Å². The smallest absolute Gasteiger partial charge is 0.256 e. The minimum Gasteiger partial charge on any atom is -0.328 e. The van der Waals surface area contributed by atoms with Crippen molar-refractivity contribution >= 4 is 16.9 Å². The van der Waals surface area contributed by atoms with E-state index in [1.807, 2.05) is 31.9 Å². The third kappa shape index (κ3) is 2.67. The van der Waals surface area contributed by atoms with Crippen LogP contribution in [0.25, 0.3) is 11.0 Å². The number of nitrogens with one attached hydrogen (secondary N) is 1. The lowest BCUT2D eigenvalue weighted by molar-refractivity contribution is 0.0600. The Balaban J connectivity index is 1.69. The van der Waals surface area contributed by atoms with E-state index in [1.165, 1.54) is 0 Å². The van der Waals surface area contributed by atoms with Gasteiger partial charge in [0.15, 0.2) is 11.5 Å². The second kappa shape index (κ2) is 5.94. The predicted molar refractivity (Wildman–Crippen MR) is 92.0 cm³/mol. The normalized spacial score (nSPS) is 18.0. The third-order valence-corrected chi connectivity index (χ3v) is 4.79. The van der Waals surface area contributed by atoms with Crippen molar-refractivity contribution in [2.45, 2.75) is 39.2 Å². The summed E-state index contributed by atoms with van der Waals surface area (Å²) in [7, 11) is 1.86. The standard InChI is InChI=1S/C17H21N7O/c1-10-13-8-12(9-18-16(13)23(3)22-10)17(25)24-7-5-4-6-14(24)15-19-11(2)20-21-15/h8-9,14H,4-7H2,1-3H3,(H,19,20,21)/t14-/m1/s1. The van der Waals surface area contributed by atoms with E-state index in [4.69, 9.17) is 0 Å². The first-order valence-corrected chi connectivity index (χ1v) is 8.54. The van der Waals surface area contributed by atoms with Crippen LogP contribution in [0, 0.1) is 13.8 Å². The number of likely N-dealkylation sites (tertiary alicyclic amines) is 1. The molecule has 4 heterocycles. The first kappa shape index (κ1) is 15.7. The van der Waals surface area contributed by atoms with Crippen molar-refractivity contribution in [3.63, 3.8) is 0 Å². The number of aryl methyl sites for hydroxylation is 3. The molecule has 1 saturated heterocycles. The summed E-state index contributed by atoms with van der Waals surface area (Å²) >= 11 is 0. The third-order valence-electron chi connectivity index (χ3n) is 4.79. The zero-order valence-electron chi connectivity index (χ0n) is 14.7. The molecule has 0 saturated carbocycles. The molecule has 1 fully saturated rings. The van der Waals surface area contributed by atoms with Crippen molar-refractivity contribution in [1.82, 2.24) is 34.8 Å². The molecule has 130 valence electrons. The van der Waals surface area contributed by atoms with Gasteiger partial charge >= 0.3 is 0 Å². The van der Waals surface area contributed by atoms with Crippen LogP contribution in [0.4, 0.5) is 0 Å². The van der Waals surface area contributed by atoms with Gasteiger partial charge in [0.05, 0.1) is 17.3 Å². The molecule has 8 heteroatoms. The maximum atomic E-state index is 13.1. The molecule has 1 aliphatic rings. The number of aromatic nitrogens is 6. The van der Waals surface area contributed by atoms with Crippen LogP contribution in [-0.2, 0) is 7.05 Å². The number of piperidine rings is 1. The summed E-state index contributed by atoms with van der Waals surface area (Å²) in [5.74, 6) is 1.43. The second-order valence-electron chi connectivity index (χ2n) is 6.59. The van der Waals surface area contributed by atoms with Gasteiger partial charge in [0, 0.05) is 25.2 Å². The summed E-state index contributed by atoms with van der Waals surface area (Å²) in [5, 5.41) is 12.4. The zero-order valence-corrected chi connectivity index (χ0v) is 14.7. The summed E-state index contributed by atoms with van der Waals surface area (Å²) in [6, 6.07) is 1.80. The van der Waals surface area contributed by atoms with E-state index >= 15 is 0 Å². The Morgan fingerprint density at radius 1 is 1.32 bits per heavy atom. The van der Waals surface area contributed by atoms with Gasteiger partial charge in [-0.2, -0.15) is 10.2 Å². The largest absolute Gasteiger partial charge is 0.328 e. The molecule has 0 spiro atoms. The van der Waals surface area contributed by atoms with Crippen molar-refractivity contribution in [1.29, 1.82) is 0 Å². The number of amides is 1. The van der Waals surface area contributed by atoms with Crippen molar-refractivity contribution in [3.05, 3.63) is 35.2 Å². The minimum atomic E-state index is -0.0862. The predicted octanol–water partition coefficient (Wildman–Crippen LogP) is 2.07. The van der Waals surface area contributed by atoms with Crippen LogP contribution in [0.1, 0.15) is 53.0 Å². The second-order valence-corrected chi connectivity index (χ2v) is 6.59. The van der Waals surface area contributed by atoms with Crippen LogP contribution >= 0.6 is 0 Å². The fourth-order valence-electron chi connectivity index (χ4n) is 3.54. The molecule has 1 aliphatic heterocycles. The van der Waals surface area contributed by atoms with E-state index in [0.717, 1.165) is 41.8 Å². The van der Waals surface area contributed by atoms with E-state index in [2.05, 4.69) is 25.3 Å². The van der Waals surface area contributed by atoms with Gasteiger partial charge in [-0.05, 0) is 39.2 Å². The first-order valence-electron chi connectivity index (χ1n) is 8.54. The van der Waals surface area contributed by atoms with Crippen molar-refractivity contribution in [2.75, 3.05) is 6.54 Å². The Morgan fingerprint density at radius 2 is 2.16 bits per heavy atom. The van der Waals surface area contributed by atoms with Crippen LogP contribution in [-0.4, -0.2) is 47.3 Å². The minimum absolute atomic E-state index is 0.0233. The number of hydrogen-bond donors (Lipinski definition) is 1. The van der Waals surface area contributed by atoms with Gasteiger partial charge < -0.3 is 4.90 Å². The Labute approximate surface area is 145 Å². The molecule has 0 aromatic carbocycles. The SMILES string of the molecule is Cc1nc([C@H]2CCCCN2C(=O)c2cnc3c(c2)c(C)nn3C)n[nH]1. The van der Waals surface area contributed by atoms with Crippen LogP contribution < -0.4 is 0 Å². The van der Waals surface area contributed by atoms with E-state index < -0.39 is 0 Å². The molecule has 0 bridgehead atoms. The van der Waals surface area contributed by atoms with E-state index in [1.54, 1.807) is 10.9 Å². The van der Waals surface area contributed by atoms with E-state index in [9.17, 15) is 4.79 Å². The molecule has 4 rings (SSSR count). The Morgan fingerprint density at radius 3 is 2.92 bits per heavy atom. The lowest BCUT2D eigenvalue weighted by Gasteiger charge is -2.34. The molecule has 3 aromatic rings. The van der Waals surface area contributed by atoms with Gasteiger partial charge in [-0.25, -0.2) is 9.97 Å². The molecule has 1 N–H and O–H groups in total. The number of hydrogen-bond acceptors (Lipinski definition) is 5. The zero-order chi connectivity index (χ0) is 17.6. The molecular formula is C17H21N7O. The van der Waals surface area contributed by atoms with E-state index in [-0.39, 0.29) is 11.9 Å². The molecule has 25 heavy (non-hydrogen) atoms. The average molecular weight is 339 g/mol. The lowest BCUT2D eigenvalue weighted by Crippen LogP contribution is -2.39. The molecule has 0 aliphatic carbocycles. The Hall–Kier alpha value is -2.77. The topological polar surface area (TPSA) is 92.6 Å². The summed E-state index contributed by atoms with van der Waals surface area (Å²) in [5.41, 5.74) is 2.25. The maximum absolute atomic E-state index is 13.1. The number of carbonyl (C=O) groups excluding carboxylic acids is 1. The van der Waals surface area contributed by atoms with Gasteiger partial charge in [-0.15, -0.1) is 0 Å². The molecule has 0 radical (unpaired) electrons. The molecule has 0 unspecified atom stereocenters. The highest BCUT2D eigenvalue weighted by atomic mass is 16.2. The number of aromatic amines is 1. The van der Waals surface area contributed by atoms with Gasteiger partial charge in [0.25, 0.3) is 5.91 Å². The fraction of sp³-hybridized carbons (Fsp3) is 0.471. The Kier molecular flexibility index (Phi) is 3.74. The van der Waals surface area contributed by atoms with Gasteiger partial charge in [-0.3, -0.25) is 14.6 Å². The summed E-state index contributed by atoms with van der Waals surface area (Å²) in [4.78, 5) is 23.9. The van der Waals surface area contributed by atoms with Crippen LogP contribution in [0.5, 0.6) is 0 Å². The summed E-state index contributed by atoms with van der Waals surface area (Å²) in [6.07, 6.45) is 4.58. The highest BCUT2D eigenvalue weighted by molar-refractivity contribution is 5.97. The van der Waals surface area contributed by atoms with Crippen LogP contribution in [0.3, 0.4) is 0 Å². The van der Waals surface area contributed by atoms with Gasteiger partial charge in [-0.1, -0.05) is 0 Å². The van der Waals surface area contributed by atoms with Gasteiger partial charge in [0.1, 0.15) is 5.82 Å². The number of pyridine rings is 1. The fourth-order valence-corrected chi connectivity index (χ4v) is 3.54. The molecule has 3 aromatic heterocycles. The quantitative estimate of drug-likeness (QED) is 0.771. The molecule has 8 nitrogen and oxygen atoms in total. The maximum Gasteiger partial charge on any atom is 0.256 e. The lowest BCUT2D eigenvalue weighted by atomic mass is 10.0. The first-order chi connectivity index (χ1) is 12.0. The van der Waals surface area contributed by atoms with Crippen molar-refractivity contribution < 1.29 is 4.79 Å². The molecular weight excluding hydrogens is 318 g/mol. The summed E-state index contributed by atoms with van der Waals surface area (Å²) < 4.78 is 1.74. The Bertz CT molecular complexity index is 942. The highest BCUT2D eigenvalue weighted by Crippen LogP contribution is 2.30. The van der Waals surface area contributed by atoms with Crippen molar-refractivity contribution in [2.24, 2.45) is 7.05 Å². The molecule has 1 atom stereocenters. The summed E-state index contributed by atoms with van der Waals surface area (Å²) in [6.45, 7) is 4.51. The number of carbonyl (C=O) groups is 1. The number of nitrogens with zero attached hydrogens (tertiary/aromatic N) is 6. The van der Waals surface area contributed by atoms with Crippen molar-refractivity contribution in [3.8, 4) is 0 Å². The average Bonchev–Trinajstić information content (AvgIpc) is 3.18. The van der Waals surface area contributed by atoms with Crippen LogP contribution in [0.2, 0.25) is 0 Å². The highest BCUT2D eigenvalue weighted by Gasteiger charge is 2.31. The van der Waals surface area contributed by atoms with Crippen LogP contribution in [0.15, 0.2) is 12.3 Å².